The van der Waals surface area contributed by atoms with Crippen LogP contribution < -0.4 is 10.2 Å². The SMILES string of the molecule is CC(=O)OC(C)CC(CCCCCCCCCCCCCC(=O)[O-])OCc1ccccc1.CC(=O)OC(C)CC(CCCCCCCCCCCCCC(=O)[O-])OCc1ccccc1.[Ba+2]. The van der Waals surface area contributed by atoms with Crippen LogP contribution in [0, 0.1) is 0 Å². The van der Waals surface area contributed by atoms with Gasteiger partial charge in [-0.15, -0.1) is 0 Å². The molecule has 0 aliphatic carbocycles. The molecule has 11 heteroatoms. The average Bonchev–Trinajstić information content (AvgIpc) is 3.25. The summed E-state index contributed by atoms with van der Waals surface area (Å²) < 4.78 is 22.9. The zero-order chi connectivity index (χ0) is 46.9. The minimum Gasteiger partial charge on any atom is -0.550 e. The van der Waals surface area contributed by atoms with E-state index in [1.54, 1.807) is 0 Å². The summed E-state index contributed by atoms with van der Waals surface area (Å²) >= 11 is 0. The fourth-order valence-corrected chi connectivity index (χ4v) is 7.98. The van der Waals surface area contributed by atoms with E-state index in [4.69, 9.17) is 18.9 Å². The van der Waals surface area contributed by atoms with Crippen molar-refractivity contribution in [3.8, 4) is 0 Å². The molecule has 65 heavy (non-hydrogen) atoms. The van der Waals surface area contributed by atoms with Crippen LogP contribution in [0.2, 0.25) is 0 Å². The Kier molecular flexibility index (Phi) is 42.8. The van der Waals surface area contributed by atoms with Crippen LogP contribution in [0.3, 0.4) is 0 Å². The van der Waals surface area contributed by atoms with Gasteiger partial charge in [0.2, 0.25) is 0 Å². The van der Waals surface area contributed by atoms with E-state index in [1.165, 1.54) is 104 Å². The van der Waals surface area contributed by atoms with Crippen molar-refractivity contribution in [3.05, 3.63) is 71.8 Å². The molecule has 0 N–H and O–H groups in total. The van der Waals surface area contributed by atoms with Gasteiger partial charge in [0.05, 0.1) is 25.4 Å². The Morgan fingerprint density at radius 3 is 0.954 bits per heavy atom. The van der Waals surface area contributed by atoms with Gasteiger partial charge in [-0.3, -0.25) is 9.59 Å². The van der Waals surface area contributed by atoms with Crippen molar-refractivity contribution in [1.82, 2.24) is 0 Å². The van der Waals surface area contributed by atoms with Crippen molar-refractivity contribution >= 4 is 72.8 Å². The number of carboxylic acids is 2. The molecule has 0 fully saturated rings. The molecule has 0 amide bonds. The van der Waals surface area contributed by atoms with Crippen LogP contribution >= 0.6 is 0 Å². The maximum atomic E-state index is 11.2. The molecule has 4 atom stereocenters. The van der Waals surface area contributed by atoms with Gasteiger partial charge in [-0.05, 0) is 63.5 Å². The van der Waals surface area contributed by atoms with Crippen molar-refractivity contribution in [2.24, 2.45) is 0 Å². The van der Waals surface area contributed by atoms with Crippen LogP contribution in [0.15, 0.2) is 60.7 Å². The van der Waals surface area contributed by atoms with Gasteiger partial charge in [-0.1, -0.05) is 189 Å². The number of benzene rings is 2. The summed E-state index contributed by atoms with van der Waals surface area (Å²) in [4.78, 5) is 43.2. The number of rotatable bonds is 40. The number of esters is 2. The maximum Gasteiger partial charge on any atom is 2.00 e. The molecule has 2 rings (SSSR count). The minimum absolute atomic E-state index is 0. The van der Waals surface area contributed by atoms with Gasteiger partial charge in [0.15, 0.2) is 0 Å². The summed E-state index contributed by atoms with van der Waals surface area (Å²) in [5, 5.41) is 20.7. The second kappa shape index (κ2) is 44.3. The molecule has 0 saturated carbocycles. The zero-order valence-electron chi connectivity index (χ0n) is 41.1. The summed E-state index contributed by atoms with van der Waals surface area (Å²) in [6.45, 7) is 7.95. The second-order valence-corrected chi connectivity index (χ2v) is 17.7. The smallest absolute Gasteiger partial charge is 0.550 e. The van der Waals surface area contributed by atoms with Crippen LogP contribution in [0.5, 0.6) is 0 Å². The predicted molar refractivity (Wildman–Crippen MR) is 258 cm³/mol. The first-order chi connectivity index (χ1) is 30.9. The van der Waals surface area contributed by atoms with E-state index < -0.39 is 11.9 Å². The number of carbonyl (C=O) groups is 4. The Bertz CT molecular complexity index is 1320. The molecule has 0 saturated heterocycles. The average molecular weight is 1030 g/mol. The van der Waals surface area contributed by atoms with Crippen LogP contribution in [0.1, 0.15) is 219 Å². The van der Waals surface area contributed by atoms with Gasteiger partial charge in [-0.25, -0.2) is 0 Å². The summed E-state index contributed by atoms with van der Waals surface area (Å²) in [6, 6.07) is 20.4. The van der Waals surface area contributed by atoms with Gasteiger partial charge < -0.3 is 38.7 Å². The van der Waals surface area contributed by atoms with Gasteiger partial charge in [0.25, 0.3) is 0 Å². The fourth-order valence-electron chi connectivity index (χ4n) is 7.98. The van der Waals surface area contributed by atoms with Crippen molar-refractivity contribution < 1.29 is 48.3 Å². The van der Waals surface area contributed by atoms with E-state index in [0.29, 0.717) is 13.2 Å². The van der Waals surface area contributed by atoms with Gasteiger partial charge >= 0.3 is 60.8 Å². The van der Waals surface area contributed by atoms with E-state index in [-0.39, 0.29) is 98.1 Å². The summed E-state index contributed by atoms with van der Waals surface area (Å²) in [5.74, 6) is -2.34. The van der Waals surface area contributed by atoms with Crippen molar-refractivity contribution in [1.29, 1.82) is 0 Å². The molecule has 0 bridgehead atoms. The molecule has 0 heterocycles. The summed E-state index contributed by atoms with van der Waals surface area (Å²) in [6.07, 6.45) is 29.2. The maximum absolute atomic E-state index is 11.2. The number of hydrogen-bond acceptors (Lipinski definition) is 10. The van der Waals surface area contributed by atoms with Crippen molar-refractivity contribution in [2.45, 2.75) is 245 Å². The first-order valence-corrected chi connectivity index (χ1v) is 25.0. The first kappa shape index (κ1) is 62.8. The molecule has 364 valence electrons. The molecule has 4 unspecified atom stereocenters. The number of carboxylic acid groups (broad SMARTS) is 2. The molecular formula is C54H86BaO10. The number of unbranched alkanes of at least 4 members (excludes halogenated alkanes) is 20. The molecule has 0 aliphatic heterocycles. The number of ether oxygens (including phenoxy) is 4. The Morgan fingerprint density at radius 2 is 0.692 bits per heavy atom. The third-order valence-electron chi connectivity index (χ3n) is 11.4. The third-order valence-corrected chi connectivity index (χ3v) is 11.4. The quantitative estimate of drug-likeness (QED) is 0.0358. The normalized spacial score (nSPS) is 12.7. The molecule has 2 aromatic rings. The largest absolute Gasteiger partial charge is 2.00 e. The van der Waals surface area contributed by atoms with Crippen LogP contribution in [0.25, 0.3) is 0 Å². The number of aliphatic carboxylic acids is 2. The molecule has 0 aliphatic rings. The predicted octanol–water partition coefficient (Wildman–Crippen LogP) is 11.1. The van der Waals surface area contributed by atoms with Crippen molar-refractivity contribution in [3.63, 3.8) is 0 Å². The molecule has 10 nitrogen and oxygen atoms in total. The Labute approximate surface area is 434 Å². The van der Waals surface area contributed by atoms with E-state index in [1.807, 2.05) is 50.2 Å². The van der Waals surface area contributed by atoms with E-state index in [2.05, 4.69) is 24.3 Å². The summed E-state index contributed by atoms with van der Waals surface area (Å²) in [7, 11) is 0. The summed E-state index contributed by atoms with van der Waals surface area (Å²) in [5.41, 5.74) is 2.33. The number of hydrogen-bond donors (Lipinski definition) is 0. The Morgan fingerprint density at radius 1 is 0.431 bits per heavy atom. The van der Waals surface area contributed by atoms with E-state index in [0.717, 1.165) is 88.2 Å². The molecule has 0 spiro atoms. The Hall–Kier alpha value is -2.19. The van der Waals surface area contributed by atoms with Gasteiger partial charge in [0, 0.05) is 38.6 Å². The van der Waals surface area contributed by atoms with Crippen LogP contribution in [-0.2, 0) is 51.3 Å². The van der Waals surface area contributed by atoms with Crippen molar-refractivity contribution in [2.75, 3.05) is 0 Å². The minimum atomic E-state index is -0.932. The van der Waals surface area contributed by atoms with Gasteiger partial charge in [0.1, 0.15) is 12.2 Å². The standard InChI is InChI=1S/2C27H44O5.Ba/c2*1-23(32-24(2)28)21-26(31-22-25-17-13-12-14-18-25)19-15-10-8-6-4-3-5-7-9-11-16-20-27(29)30;/h2*12-14,17-18,23,26H,3-11,15-16,19-22H2,1-2H3,(H,29,30);/q;;+2/p-2. The molecule has 0 radical (unpaired) electrons. The number of carbonyl (C=O) groups excluding carboxylic acids is 4. The van der Waals surface area contributed by atoms with Crippen LogP contribution in [-0.4, -0.2) is 97.2 Å². The van der Waals surface area contributed by atoms with E-state index >= 15 is 0 Å². The van der Waals surface area contributed by atoms with Gasteiger partial charge in [-0.2, -0.15) is 0 Å². The molecule has 2 aromatic carbocycles. The topological polar surface area (TPSA) is 151 Å². The van der Waals surface area contributed by atoms with E-state index in [9.17, 15) is 29.4 Å². The first-order valence-electron chi connectivity index (χ1n) is 25.0. The zero-order valence-corrected chi connectivity index (χ0v) is 45.5. The Balaban J connectivity index is 0.00000124. The molecule has 0 aromatic heterocycles. The third kappa shape index (κ3) is 42.9. The monoisotopic (exact) mass is 1030 g/mol. The van der Waals surface area contributed by atoms with Crippen LogP contribution in [0.4, 0.5) is 0 Å². The second-order valence-electron chi connectivity index (χ2n) is 17.7. The fraction of sp³-hybridized carbons (Fsp3) is 0.704. The molecular weight excluding hydrogens is 946 g/mol.